The Morgan fingerprint density at radius 2 is 1.93 bits per heavy atom. The number of hydrogen-bond donors (Lipinski definition) is 3. The first kappa shape index (κ1) is 20.4. The van der Waals surface area contributed by atoms with Crippen molar-refractivity contribution in [3.8, 4) is 0 Å². The van der Waals surface area contributed by atoms with Crippen LogP contribution in [0.4, 0.5) is 8.78 Å². The molecule has 0 aliphatic heterocycles. The van der Waals surface area contributed by atoms with Gasteiger partial charge in [-0.05, 0) is 54.5 Å². The lowest BCUT2D eigenvalue weighted by Gasteiger charge is -2.30. The number of hydrogen-bond acceptors (Lipinski definition) is 3. The van der Waals surface area contributed by atoms with E-state index in [1.54, 1.807) is 0 Å². The molecule has 1 aliphatic rings. The third-order valence-electron chi connectivity index (χ3n) is 5.17. The largest absolute Gasteiger partial charge is 0.390 e. The normalized spacial score (nSPS) is 18.2. The summed E-state index contributed by atoms with van der Waals surface area (Å²) < 4.78 is 26.9. The summed E-state index contributed by atoms with van der Waals surface area (Å²) in [5.74, 6) is -1.66. The predicted octanol–water partition coefficient (Wildman–Crippen LogP) is 3.04. The average molecular weight is 388 g/mol. The van der Waals surface area contributed by atoms with Gasteiger partial charge >= 0.3 is 0 Å². The first-order valence-electron chi connectivity index (χ1n) is 9.63. The zero-order valence-electron chi connectivity index (χ0n) is 15.9. The van der Waals surface area contributed by atoms with E-state index in [4.69, 9.17) is 0 Å². The van der Waals surface area contributed by atoms with Crippen LogP contribution in [0.5, 0.6) is 0 Å². The second-order valence-electron chi connectivity index (χ2n) is 7.41. The van der Waals surface area contributed by atoms with Crippen LogP contribution in [-0.4, -0.2) is 29.7 Å². The van der Waals surface area contributed by atoms with E-state index in [1.807, 2.05) is 12.1 Å². The molecule has 3 N–H and O–H groups in total. The van der Waals surface area contributed by atoms with Gasteiger partial charge in [-0.3, -0.25) is 4.79 Å². The highest BCUT2D eigenvalue weighted by Gasteiger charge is 2.24. The second kappa shape index (κ2) is 9.26. The van der Waals surface area contributed by atoms with Crippen LogP contribution < -0.4 is 10.6 Å². The van der Waals surface area contributed by atoms with Crippen molar-refractivity contribution in [3.05, 3.63) is 70.8 Å². The molecule has 0 bridgehead atoms. The molecule has 150 valence electrons. The van der Waals surface area contributed by atoms with Crippen LogP contribution in [0, 0.1) is 11.6 Å². The topological polar surface area (TPSA) is 61.4 Å². The standard InChI is InChI=1S/C22H26F2N2O2/c1-14(27)26-21(11-15-9-17(23)12-18(24)10-15)22(28)13-25-20-8-4-6-16-5-2-3-7-19(16)20/h2-3,5,7,9-10,12,20-22,25,28H,4,6,8,11,13H2,1H3,(H,26,27)/t20-,21-,22-/m0/s1. The maximum absolute atomic E-state index is 13.5. The van der Waals surface area contributed by atoms with Crippen molar-refractivity contribution in [2.45, 2.75) is 50.8 Å². The van der Waals surface area contributed by atoms with Gasteiger partial charge in [0.05, 0.1) is 12.1 Å². The van der Waals surface area contributed by atoms with Crippen LogP contribution >= 0.6 is 0 Å². The summed E-state index contributed by atoms with van der Waals surface area (Å²) >= 11 is 0. The Balaban J connectivity index is 1.66. The monoisotopic (exact) mass is 388 g/mol. The van der Waals surface area contributed by atoms with Crippen LogP contribution in [0.3, 0.4) is 0 Å². The molecule has 0 spiro atoms. The Bertz CT molecular complexity index is 808. The Morgan fingerprint density at radius 1 is 1.21 bits per heavy atom. The number of rotatable bonds is 7. The summed E-state index contributed by atoms with van der Waals surface area (Å²) in [5, 5.41) is 16.8. The molecular weight excluding hydrogens is 362 g/mol. The number of carbonyl (C=O) groups excluding carboxylic acids is 1. The Hall–Kier alpha value is -2.31. The van der Waals surface area contributed by atoms with Crippen LogP contribution in [0.15, 0.2) is 42.5 Å². The van der Waals surface area contributed by atoms with Gasteiger partial charge in [0.2, 0.25) is 5.91 Å². The first-order valence-corrected chi connectivity index (χ1v) is 9.63. The van der Waals surface area contributed by atoms with Gasteiger partial charge < -0.3 is 15.7 Å². The highest BCUT2D eigenvalue weighted by atomic mass is 19.1. The Morgan fingerprint density at radius 3 is 2.64 bits per heavy atom. The fraction of sp³-hybridized carbons (Fsp3) is 0.409. The molecule has 0 saturated carbocycles. The van der Waals surface area contributed by atoms with Gasteiger partial charge in [0, 0.05) is 25.6 Å². The van der Waals surface area contributed by atoms with E-state index in [0.717, 1.165) is 25.3 Å². The predicted molar refractivity (Wildman–Crippen MR) is 104 cm³/mol. The lowest BCUT2D eigenvalue weighted by atomic mass is 9.87. The van der Waals surface area contributed by atoms with Gasteiger partial charge in [0.15, 0.2) is 0 Å². The van der Waals surface area contributed by atoms with E-state index in [2.05, 4.69) is 22.8 Å². The number of amides is 1. The molecule has 0 saturated heterocycles. The number of aliphatic hydroxyl groups is 1. The summed E-state index contributed by atoms with van der Waals surface area (Å²) in [6, 6.07) is 11.0. The molecule has 0 heterocycles. The first-order chi connectivity index (χ1) is 13.4. The van der Waals surface area contributed by atoms with Crippen LogP contribution in [0.1, 0.15) is 42.5 Å². The van der Waals surface area contributed by atoms with E-state index in [-0.39, 0.29) is 24.9 Å². The summed E-state index contributed by atoms with van der Waals surface area (Å²) in [7, 11) is 0. The highest BCUT2D eigenvalue weighted by Crippen LogP contribution is 2.29. The molecule has 0 unspecified atom stereocenters. The van der Waals surface area contributed by atoms with Crippen molar-refractivity contribution >= 4 is 5.91 Å². The third kappa shape index (κ3) is 5.36. The van der Waals surface area contributed by atoms with Gasteiger partial charge in [0.1, 0.15) is 11.6 Å². The lowest BCUT2D eigenvalue weighted by Crippen LogP contribution is -2.48. The minimum atomic E-state index is -0.899. The molecule has 6 heteroatoms. The van der Waals surface area contributed by atoms with E-state index >= 15 is 0 Å². The average Bonchev–Trinajstić information content (AvgIpc) is 2.64. The third-order valence-corrected chi connectivity index (χ3v) is 5.17. The van der Waals surface area contributed by atoms with E-state index < -0.39 is 23.8 Å². The van der Waals surface area contributed by atoms with Crippen molar-refractivity contribution in [1.82, 2.24) is 10.6 Å². The fourth-order valence-corrected chi connectivity index (χ4v) is 3.90. The fourth-order valence-electron chi connectivity index (χ4n) is 3.90. The number of benzene rings is 2. The summed E-state index contributed by atoms with van der Waals surface area (Å²) in [6.07, 6.45) is 2.34. The molecule has 0 aromatic heterocycles. The van der Waals surface area contributed by atoms with Gasteiger partial charge in [-0.15, -0.1) is 0 Å². The number of carbonyl (C=O) groups is 1. The molecule has 3 rings (SSSR count). The molecule has 1 aliphatic carbocycles. The molecule has 4 nitrogen and oxygen atoms in total. The summed E-state index contributed by atoms with van der Waals surface area (Å²) in [4.78, 5) is 11.6. The number of halogens is 2. The van der Waals surface area contributed by atoms with Gasteiger partial charge in [-0.1, -0.05) is 24.3 Å². The maximum atomic E-state index is 13.5. The van der Waals surface area contributed by atoms with Crippen molar-refractivity contribution in [2.75, 3.05) is 6.54 Å². The molecule has 28 heavy (non-hydrogen) atoms. The van der Waals surface area contributed by atoms with Gasteiger partial charge in [-0.25, -0.2) is 8.78 Å². The van der Waals surface area contributed by atoms with E-state index in [0.29, 0.717) is 5.56 Å². The SMILES string of the molecule is CC(=O)N[C@@H](Cc1cc(F)cc(F)c1)[C@@H](O)CN[C@H]1CCCc2ccccc21. The number of fused-ring (bicyclic) bond motifs is 1. The van der Waals surface area contributed by atoms with Crippen LogP contribution in [-0.2, 0) is 17.6 Å². The smallest absolute Gasteiger partial charge is 0.217 e. The van der Waals surface area contributed by atoms with Crippen LogP contribution in [0.25, 0.3) is 0 Å². The zero-order chi connectivity index (χ0) is 20.1. The Kier molecular flexibility index (Phi) is 6.75. The number of aliphatic hydroxyl groups excluding tert-OH is 1. The molecule has 2 aromatic carbocycles. The van der Waals surface area contributed by atoms with Crippen molar-refractivity contribution < 1.29 is 18.7 Å². The molecular formula is C22H26F2N2O2. The molecule has 2 aromatic rings. The van der Waals surface area contributed by atoms with Gasteiger partial charge in [0.25, 0.3) is 0 Å². The minimum absolute atomic E-state index is 0.137. The molecule has 1 amide bonds. The number of aryl methyl sites for hydroxylation is 1. The summed E-state index contributed by atoms with van der Waals surface area (Å²) in [6.45, 7) is 1.62. The van der Waals surface area contributed by atoms with Crippen molar-refractivity contribution in [3.63, 3.8) is 0 Å². The van der Waals surface area contributed by atoms with Gasteiger partial charge in [-0.2, -0.15) is 0 Å². The maximum Gasteiger partial charge on any atom is 0.217 e. The lowest BCUT2D eigenvalue weighted by molar-refractivity contribution is -0.120. The summed E-state index contributed by atoms with van der Waals surface area (Å²) in [5.41, 5.74) is 2.94. The van der Waals surface area contributed by atoms with Crippen LogP contribution in [0.2, 0.25) is 0 Å². The molecule has 0 radical (unpaired) electrons. The quantitative estimate of drug-likeness (QED) is 0.683. The molecule has 0 fully saturated rings. The Labute approximate surface area is 164 Å². The number of nitrogens with one attached hydrogen (secondary N) is 2. The highest BCUT2D eigenvalue weighted by molar-refractivity contribution is 5.73. The zero-order valence-corrected chi connectivity index (χ0v) is 15.9. The minimum Gasteiger partial charge on any atom is -0.390 e. The molecule has 3 atom stereocenters. The van der Waals surface area contributed by atoms with Crippen molar-refractivity contribution in [1.29, 1.82) is 0 Å². The second-order valence-corrected chi connectivity index (χ2v) is 7.41. The van der Waals surface area contributed by atoms with E-state index in [1.165, 1.54) is 30.2 Å². The van der Waals surface area contributed by atoms with E-state index in [9.17, 15) is 18.7 Å². The van der Waals surface area contributed by atoms with Crippen molar-refractivity contribution in [2.24, 2.45) is 0 Å².